The average molecular weight is 287 g/mol. The van der Waals surface area contributed by atoms with Gasteiger partial charge in [-0.05, 0) is 56.2 Å². The second-order valence-electron chi connectivity index (χ2n) is 5.05. The van der Waals surface area contributed by atoms with Crippen LogP contribution >= 0.6 is 0 Å². The van der Waals surface area contributed by atoms with Crippen LogP contribution < -0.4 is 10.1 Å². The van der Waals surface area contributed by atoms with Crippen LogP contribution in [0.1, 0.15) is 18.1 Å². The Labute approximate surface area is 123 Å². The van der Waals surface area contributed by atoms with Crippen molar-refractivity contribution in [3.05, 3.63) is 59.4 Å². The molecule has 0 radical (unpaired) electrons. The lowest BCUT2D eigenvalue weighted by molar-refractivity contribution is -0.122. The number of rotatable bonds is 4. The molecule has 4 heteroatoms. The first kappa shape index (κ1) is 15.0. The summed E-state index contributed by atoms with van der Waals surface area (Å²) >= 11 is 0. The minimum absolute atomic E-state index is 0.158. The van der Waals surface area contributed by atoms with Crippen molar-refractivity contribution in [2.24, 2.45) is 0 Å². The van der Waals surface area contributed by atoms with Gasteiger partial charge in [-0.1, -0.05) is 18.2 Å². The fourth-order valence-electron chi connectivity index (χ4n) is 1.90. The summed E-state index contributed by atoms with van der Waals surface area (Å²) in [5.74, 6) is -0.229. The Hall–Kier alpha value is -2.36. The molecule has 0 aliphatic carbocycles. The van der Waals surface area contributed by atoms with Gasteiger partial charge in [0.05, 0.1) is 5.69 Å². The zero-order chi connectivity index (χ0) is 15.4. The molecule has 0 saturated heterocycles. The van der Waals surface area contributed by atoms with Gasteiger partial charge in [0.2, 0.25) is 0 Å². The summed E-state index contributed by atoms with van der Waals surface area (Å²) in [6.07, 6.45) is -0.715. The summed E-state index contributed by atoms with van der Waals surface area (Å²) in [4.78, 5) is 12.0. The van der Waals surface area contributed by atoms with Crippen molar-refractivity contribution in [2.75, 3.05) is 5.32 Å². The van der Waals surface area contributed by atoms with Crippen LogP contribution in [-0.2, 0) is 4.79 Å². The van der Waals surface area contributed by atoms with Crippen LogP contribution in [0.2, 0.25) is 0 Å². The second kappa shape index (κ2) is 6.39. The number of hydrogen-bond donors (Lipinski definition) is 1. The topological polar surface area (TPSA) is 38.3 Å². The first-order valence-electron chi connectivity index (χ1n) is 6.76. The number of benzene rings is 2. The second-order valence-corrected chi connectivity index (χ2v) is 5.05. The van der Waals surface area contributed by atoms with Gasteiger partial charge >= 0.3 is 0 Å². The van der Waals surface area contributed by atoms with Crippen molar-refractivity contribution in [3.8, 4) is 5.75 Å². The number of carbonyl (C=O) groups is 1. The molecule has 1 N–H and O–H groups in total. The van der Waals surface area contributed by atoms with Crippen LogP contribution in [0.15, 0.2) is 42.5 Å². The Morgan fingerprint density at radius 2 is 1.86 bits per heavy atom. The normalized spacial score (nSPS) is 11.8. The Morgan fingerprint density at radius 3 is 2.52 bits per heavy atom. The molecule has 2 aromatic carbocycles. The highest BCUT2D eigenvalue weighted by atomic mass is 19.1. The van der Waals surface area contributed by atoms with Crippen LogP contribution in [0.3, 0.4) is 0 Å². The third-order valence-corrected chi connectivity index (χ3v) is 3.05. The lowest BCUT2D eigenvalue weighted by Gasteiger charge is -2.15. The van der Waals surface area contributed by atoms with Crippen molar-refractivity contribution in [3.63, 3.8) is 0 Å². The molecule has 110 valence electrons. The number of anilines is 1. The fourth-order valence-corrected chi connectivity index (χ4v) is 1.90. The Balaban J connectivity index is 2.02. The van der Waals surface area contributed by atoms with Crippen molar-refractivity contribution in [2.45, 2.75) is 26.9 Å². The van der Waals surface area contributed by atoms with Crippen molar-refractivity contribution < 1.29 is 13.9 Å². The fraction of sp³-hybridized carbons (Fsp3) is 0.235. The van der Waals surface area contributed by atoms with E-state index in [0.717, 1.165) is 11.1 Å². The molecular weight excluding hydrogens is 269 g/mol. The molecule has 21 heavy (non-hydrogen) atoms. The standard InChI is InChI=1S/C17H18FNO2/c1-11-5-4-6-14(9-11)21-13(3)17(20)19-16-8-7-12(2)10-15(16)18/h4-10,13H,1-3H3,(H,19,20). The predicted molar refractivity (Wildman–Crippen MR) is 81.0 cm³/mol. The molecule has 0 aliphatic rings. The number of aryl methyl sites for hydroxylation is 2. The summed E-state index contributed by atoms with van der Waals surface area (Å²) in [5.41, 5.74) is 2.00. The Morgan fingerprint density at radius 1 is 1.14 bits per heavy atom. The Bertz CT molecular complexity index is 655. The van der Waals surface area contributed by atoms with E-state index < -0.39 is 11.9 Å². The van der Waals surface area contributed by atoms with E-state index in [4.69, 9.17) is 4.74 Å². The van der Waals surface area contributed by atoms with E-state index in [2.05, 4.69) is 5.32 Å². The third kappa shape index (κ3) is 4.05. The molecule has 1 atom stereocenters. The number of amides is 1. The van der Waals surface area contributed by atoms with E-state index in [9.17, 15) is 9.18 Å². The molecule has 0 aliphatic heterocycles. The number of halogens is 1. The van der Waals surface area contributed by atoms with Gasteiger partial charge in [0.15, 0.2) is 6.10 Å². The van der Waals surface area contributed by atoms with Crippen LogP contribution in [0.5, 0.6) is 5.75 Å². The van der Waals surface area contributed by atoms with Gasteiger partial charge in [0, 0.05) is 0 Å². The predicted octanol–water partition coefficient (Wildman–Crippen LogP) is 3.85. The number of hydrogen-bond acceptors (Lipinski definition) is 2. The van der Waals surface area contributed by atoms with Crippen molar-refractivity contribution in [1.29, 1.82) is 0 Å². The summed E-state index contributed by atoms with van der Waals surface area (Å²) in [5, 5.41) is 2.53. The highest BCUT2D eigenvalue weighted by Crippen LogP contribution is 2.17. The van der Waals surface area contributed by atoms with E-state index in [1.807, 2.05) is 25.1 Å². The molecular formula is C17H18FNO2. The maximum absolute atomic E-state index is 13.7. The summed E-state index contributed by atoms with van der Waals surface area (Å²) in [6.45, 7) is 5.36. The average Bonchev–Trinajstić information content (AvgIpc) is 2.41. The van der Waals surface area contributed by atoms with Gasteiger partial charge < -0.3 is 10.1 Å². The lowest BCUT2D eigenvalue weighted by atomic mass is 10.2. The molecule has 0 spiro atoms. The van der Waals surface area contributed by atoms with E-state index in [-0.39, 0.29) is 11.6 Å². The Kier molecular flexibility index (Phi) is 4.58. The van der Waals surface area contributed by atoms with Gasteiger partial charge in [-0.15, -0.1) is 0 Å². The highest BCUT2D eigenvalue weighted by molar-refractivity contribution is 5.94. The van der Waals surface area contributed by atoms with E-state index in [1.54, 1.807) is 32.0 Å². The SMILES string of the molecule is Cc1cccc(OC(C)C(=O)Nc2ccc(C)cc2F)c1. The molecule has 3 nitrogen and oxygen atoms in total. The summed E-state index contributed by atoms with van der Waals surface area (Å²) < 4.78 is 19.3. The maximum atomic E-state index is 13.7. The molecule has 0 aromatic heterocycles. The van der Waals surface area contributed by atoms with Crippen LogP contribution in [0.4, 0.5) is 10.1 Å². The molecule has 0 saturated carbocycles. The minimum atomic E-state index is -0.715. The smallest absolute Gasteiger partial charge is 0.265 e. The van der Waals surface area contributed by atoms with Crippen molar-refractivity contribution >= 4 is 11.6 Å². The lowest BCUT2D eigenvalue weighted by Crippen LogP contribution is -2.30. The van der Waals surface area contributed by atoms with Gasteiger partial charge in [0.25, 0.3) is 5.91 Å². The molecule has 0 fully saturated rings. The molecule has 0 heterocycles. The largest absolute Gasteiger partial charge is 0.481 e. The van der Waals surface area contributed by atoms with Gasteiger partial charge in [-0.3, -0.25) is 4.79 Å². The molecule has 1 amide bonds. The van der Waals surface area contributed by atoms with Gasteiger partial charge in [-0.2, -0.15) is 0 Å². The minimum Gasteiger partial charge on any atom is -0.481 e. The van der Waals surface area contributed by atoms with Crippen molar-refractivity contribution in [1.82, 2.24) is 0 Å². The van der Waals surface area contributed by atoms with Crippen LogP contribution in [-0.4, -0.2) is 12.0 Å². The van der Waals surface area contributed by atoms with Gasteiger partial charge in [0.1, 0.15) is 11.6 Å². The molecule has 0 bridgehead atoms. The zero-order valence-electron chi connectivity index (χ0n) is 12.3. The first-order valence-corrected chi connectivity index (χ1v) is 6.76. The van der Waals surface area contributed by atoms with Gasteiger partial charge in [-0.25, -0.2) is 4.39 Å². The molecule has 1 unspecified atom stereocenters. The highest BCUT2D eigenvalue weighted by Gasteiger charge is 2.16. The third-order valence-electron chi connectivity index (χ3n) is 3.05. The number of nitrogens with one attached hydrogen (secondary N) is 1. The zero-order valence-corrected chi connectivity index (χ0v) is 12.3. The van der Waals surface area contributed by atoms with Crippen LogP contribution in [0, 0.1) is 19.7 Å². The molecule has 2 rings (SSSR count). The maximum Gasteiger partial charge on any atom is 0.265 e. The van der Waals surface area contributed by atoms with E-state index in [1.165, 1.54) is 6.07 Å². The monoisotopic (exact) mass is 287 g/mol. The first-order chi connectivity index (χ1) is 9.95. The molecule has 2 aromatic rings. The van der Waals surface area contributed by atoms with E-state index in [0.29, 0.717) is 5.75 Å². The number of ether oxygens (including phenoxy) is 1. The summed E-state index contributed by atoms with van der Waals surface area (Å²) in [6, 6.07) is 12.1. The number of carbonyl (C=O) groups excluding carboxylic acids is 1. The quantitative estimate of drug-likeness (QED) is 0.927. The summed E-state index contributed by atoms with van der Waals surface area (Å²) in [7, 11) is 0. The van der Waals surface area contributed by atoms with E-state index >= 15 is 0 Å². The van der Waals surface area contributed by atoms with Crippen LogP contribution in [0.25, 0.3) is 0 Å².